The molecular weight excluding hydrogens is 452 g/mol. The Morgan fingerprint density at radius 1 is 1.00 bits per heavy atom. The fourth-order valence-corrected chi connectivity index (χ4v) is 5.13. The van der Waals surface area contributed by atoms with Gasteiger partial charge in [0.1, 0.15) is 5.69 Å². The maximum atomic E-state index is 13.0. The van der Waals surface area contributed by atoms with Crippen molar-refractivity contribution in [1.29, 1.82) is 0 Å². The lowest BCUT2D eigenvalue weighted by atomic mass is 9.86. The lowest BCUT2D eigenvalue weighted by Gasteiger charge is -2.28. The van der Waals surface area contributed by atoms with Crippen LogP contribution in [0.2, 0.25) is 0 Å². The summed E-state index contributed by atoms with van der Waals surface area (Å²) in [5.41, 5.74) is 7.06. The van der Waals surface area contributed by atoms with E-state index in [0.29, 0.717) is 23.1 Å². The van der Waals surface area contributed by atoms with E-state index in [1.165, 1.54) is 23.1 Å². The molecule has 1 amide bonds. The first-order valence-corrected chi connectivity index (χ1v) is 12.3. The van der Waals surface area contributed by atoms with Crippen LogP contribution in [0.5, 0.6) is 0 Å². The number of nitrogens with zero attached hydrogens (tertiary/aromatic N) is 4. The highest BCUT2D eigenvalue weighted by Crippen LogP contribution is 2.41. The molecule has 0 radical (unpaired) electrons. The van der Waals surface area contributed by atoms with Gasteiger partial charge in [0.15, 0.2) is 5.82 Å². The first-order chi connectivity index (χ1) is 17.4. The Labute approximate surface area is 209 Å². The first kappa shape index (κ1) is 22.3. The van der Waals surface area contributed by atoms with Gasteiger partial charge in [-0.05, 0) is 66.5 Å². The van der Waals surface area contributed by atoms with E-state index in [1.54, 1.807) is 17.8 Å². The molecule has 8 heteroatoms. The van der Waals surface area contributed by atoms with Gasteiger partial charge in [-0.25, -0.2) is 4.68 Å². The number of hydrogen-bond donors (Lipinski definition) is 2. The number of aryl methyl sites for hydroxylation is 2. The number of nitrogens with one attached hydrogen (secondary N) is 2. The third kappa shape index (κ3) is 3.98. The van der Waals surface area contributed by atoms with Crippen LogP contribution in [0.15, 0.2) is 59.5 Å². The van der Waals surface area contributed by atoms with Gasteiger partial charge in [-0.3, -0.25) is 14.3 Å². The molecule has 8 nitrogen and oxygen atoms in total. The Morgan fingerprint density at radius 3 is 2.58 bits per heavy atom. The Balaban J connectivity index is 1.36. The molecule has 6 rings (SSSR count). The average Bonchev–Trinajstić information content (AvgIpc) is 3.63. The monoisotopic (exact) mass is 480 g/mol. The Hall–Kier alpha value is -4.20. The third-order valence-electron chi connectivity index (χ3n) is 7.22. The standard InChI is InChI=1S/C28H28N6O2/c1-16-20(23-14-19-13-18(17-7-8-17)9-10-22(19)27(35)30-23)5-4-6-21(16)24-15-25(28(36)34(3)31-24)29-26-11-12-33(2)32-26/h4-6,9-13,15,17,23H,7-8,14H2,1-3H3,(H,29,32)(H,30,35). The van der Waals surface area contributed by atoms with Crippen LogP contribution in [0.25, 0.3) is 11.3 Å². The van der Waals surface area contributed by atoms with Crippen LogP contribution < -0.4 is 16.2 Å². The number of anilines is 2. The van der Waals surface area contributed by atoms with Crippen molar-refractivity contribution >= 4 is 17.4 Å². The van der Waals surface area contributed by atoms with Gasteiger partial charge in [-0.1, -0.05) is 30.3 Å². The summed E-state index contributed by atoms with van der Waals surface area (Å²) in [6.45, 7) is 2.05. The number of carbonyl (C=O) groups excluding carboxylic acids is 1. The van der Waals surface area contributed by atoms with Gasteiger partial charge in [0.05, 0.1) is 11.7 Å². The molecule has 36 heavy (non-hydrogen) atoms. The molecular formula is C28H28N6O2. The molecule has 1 atom stereocenters. The molecule has 1 aliphatic heterocycles. The van der Waals surface area contributed by atoms with Crippen LogP contribution in [0.1, 0.15) is 57.4 Å². The van der Waals surface area contributed by atoms with Crippen LogP contribution >= 0.6 is 0 Å². The summed E-state index contributed by atoms with van der Waals surface area (Å²) in [7, 11) is 3.47. The number of amides is 1. The minimum atomic E-state index is -0.235. The highest BCUT2D eigenvalue weighted by Gasteiger charge is 2.30. The van der Waals surface area contributed by atoms with Gasteiger partial charge < -0.3 is 10.6 Å². The fraction of sp³-hybridized carbons (Fsp3) is 0.286. The predicted octanol–water partition coefficient (Wildman–Crippen LogP) is 4.14. The molecule has 0 bridgehead atoms. The number of aromatic nitrogens is 4. The Bertz CT molecular complexity index is 1560. The zero-order valence-corrected chi connectivity index (χ0v) is 20.6. The van der Waals surface area contributed by atoms with Crippen LogP contribution in [-0.2, 0) is 20.5 Å². The van der Waals surface area contributed by atoms with Crippen LogP contribution in [-0.4, -0.2) is 25.5 Å². The van der Waals surface area contributed by atoms with Gasteiger partial charge in [0.25, 0.3) is 11.5 Å². The van der Waals surface area contributed by atoms with E-state index in [1.807, 2.05) is 44.4 Å². The van der Waals surface area contributed by atoms with Crippen molar-refractivity contribution in [3.8, 4) is 11.3 Å². The van der Waals surface area contributed by atoms with Gasteiger partial charge >= 0.3 is 0 Å². The van der Waals surface area contributed by atoms with Gasteiger partial charge in [0, 0.05) is 37.5 Å². The maximum absolute atomic E-state index is 13.0. The summed E-state index contributed by atoms with van der Waals surface area (Å²) in [5.74, 6) is 1.20. The lowest BCUT2D eigenvalue weighted by molar-refractivity contribution is 0.0925. The van der Waals surface area contributed by atoms with Gasteiger partial charge in [0.2, 0.25) is 0 Å². The normalized spacial score (nSPS) is 17.0. The number of rotatable bonds is 5. The Morgan fingerprint density at radius 2 is 1.83 bits per heavy atom. The molecule has 2 N–H and O–H groups in total. The van der Waals surface area contributed by atoms with E-state index in [2.05, 4.69) is 39.0 Å². The highest BCUT2D eigenvalue weighted by atomic mass is 16.2. The number of hydrogen-bond acceptors (Lipinski definition) is 5. The largest absolute Gasteiger partial charge is 0.345 e. The van der Waals surface area contributed by atoms with Gasteiger partial charge in [-0.2, -0.15) is 10.2 Å². The average molecular weight is 481 g/mol. The third-order valence-corrected chi connectivity index (χ3v) is 7.22. The van der Waals surface area contributed by atoms with Crippen molar-refractivity contribution in [2.24, 2.45) is 14.1 Å². The van der Waals surface area contributed by atoms with E-state index in [9.17, 15) is 9.59 Å². The number of fused-ring (bicyclic) bond motifs is 1. The molecule has 0 spiro atoms. The summed E-state index contributed by atoms with van der Waals surface area (Å²) >= 11 is 0. The smallest absolute Gasteiger partial charge is 0.290 e. The summed E-state index contributed by atoms with van der Waals surface area (Å²) in [6.07, 6.45) is 5.03. The number of benzene rings is 2. The van der Waals surface area contributed by atoms with E-state index in [-0.39, 0.29) is 17.5 Å². The molecule has 2 aromatic carbocycles. The summed E-state index contributed by atoms with van der Waals surface area (Å²) in [4.78, 5) is 25.7. The van der Waals surface area contributed by atoms with Crippen molar-refractivity contribution < 1.29 is 4.79 Å². The van der Waals surface area contributed by atoms with E-state index in [4.69, 9.17) is 0 Å². The zero-order valence-electron chi connectivity index (χ0n) is 20.6. The van der Waals surface area contributed by atoms with Crippen molar-refractivity contribution in [3.63, 3.8) is 0 Å². The fourth-order valence-electron chi connectivity index (χ4n) is 5.13. The second kappa shape index (κ2) is 8.48. The second-order valence-corrected chi connectivity index (χ2v) is 9.81. The molecule has 0 saturated heterocycles. The SMILES string of the molecule is Cc1c(-c2cc(Nc3ccn(C)n3)c(=O)n(C)n2)cccc1C1Cc2cc(C3CC3)ccc2C(=O)N1. The molecule has 3 heterocycles. The molecule has 1 saturated carbocycles. The summed E-state index contributed by atoms with van der Waals surface area (Å²) in [6, 6.07) is 15.8. The molecule has 2 aliphatic rings. The molecule has 182 valence electrons. The van der Waals surface area contributed by atoms with E-state index < -0.39 is 0 Å². The maximum Gasteiger partial charge on any atom is 0.290 e. The van der Waals surface area contributed by atoms with Crippen molar-refractivity contribution in [1.82, 2.24) is 24.9 Å². The topological polar surface area (TPSA) is 93.8 Å². The summed E-state index contributed by atoms with van der Waals surface area (Å²) < 4.78 is 3.01. The quantitative estimate of drug-likeness (QED) is 0.448. The number of carbonyl (C=O) groups is 1. The highest BCUT2D eigenvalue weighted by molar-refractivity contribution is 5.97. The molecule has 4 aromatic rings. The molecule has 1 aliphatic carbocycles. The van der Waals surface area contributed by atoms with Crippen LogP contribution in [0, 0.1) is 6.92 Å². The molecule has 1 unspecified atom stereocenters. The second-order valence-electron chi connectivity index (χ2n) is 9.81. The van der Waals surface area contributed by atoms with Crippen molar-refractivity contribution in [2.45, 2.75) is 38.1 Å². The predicted molar refractivity (Wildman–Crippen MR) is 138 cm³/mol. The van der Waals surface area contributed by atoms with Crippen LogP contribution in [0.4, 0.5) is 11.5 Å². The molecule has 2 aromatic heterocycles. The van der Waals surface area contributed by atoms with Crippen LogP contribution in [0.3, 0.4) is 0 Å². The van der Waals surface area contributed by atoms with E-state index in [0.717, 1.165) is 34.2 Å². The zero-order chi connectivity index (χ0) is 25.0. The van der Waals surface area contributed by atoms with Crippen molar-refractivity contribution in [2.75, 3.05) is 5.32 Å². The van der Waals surface area contributed by atoms with E-state index >= 15 is 0 Å². The lowest BCUT2D eigenvalue weighted by Crippen LogP contribution is -2.35. The van der Waals surface area contributed by atoms with Crippen molar-refractivity contribution in [3.05, 3.63) is 92.9 Å². The Kier molecular flexibility index (Phi) is 5.25. The summed E-state index contributed by atoms with van der Waals surface area (Å²) in [5, 5.41) is 15.2. The first-order valence-electron chi connectivity index (χ1n) is 12.3. The minimum absolute atomic E-state index is 0.0320. The van der Waals surface area contributed by atoms with Gasteiger partial charge in [-0.15, -0.1) is 0 Å². The minimum Gasteiger partial charge on any atom is -0.345 e. The molecule has 1 fully saturated rings.